The summed E-state index contributed by atoms with van der Waals surface area (Å²) in [5.74, 6) is -0.0468. The molecule has 2 aromatic rings. The first kappa shape index (κ1) is 12.7. The van der Waals surface area contributed by atoms with Gasteiger partial charge in [0.05, 0.1) is 0 Å². The third kappa shape index (κ3) is 2.13. The summed E-state index contributed by atoms with van der Waals surface area (Å²) in [6.07, 6.45) is 2.33. The van der Waals surface area contributed by atoms with Crippen LogP contribution in [0.25, 0.3) is 0 Å². The number of aromatic nitrogens is 1. The Balaban J connectivity index is 1.79. The zero-order chi connectivity index (χ0) is 14.1. The lowest BCUT2D eigenvalue weighted by Gasteiger charge is -2.17. The van der Waals surface area contributed by atoms with Crippen LogP contribution in [0.3, 0.4) is 0 Å². The van der Waals surface area contributed by atoms with Crippen LogP contribution in [0.15, 0.2) is 47.4 Å². The number of fused-ring (bicyclic) bond motifs is 1. The van der Waals surface area contributed by atoms with E-state index in [1.54, 1.807) is 12.1 Å². The normalized spacial score (nSPS) is 20.4. The summed E-state index contributed by atoms with van der Waals surface area (Å²) in [4.78, 5) is 26.3. The lowest BCUT2D eigenvalue weighted by molar-refractivity contribution is 0.0932. The van der Waals surface area contributed by atoms with Gasteiger partial charge in [-0.1, -0.05) is 31.2 Å². The molecule has 1 aliphatic carbocycles. The predicted molar refractivity (Wildman–Crippen MR) is 76.9 cm³/mol. The number of hydrogen-bond donors (Lipinski definition) is 2. The first-order valence-corrected chi connectivity index (χ1v) is 6.73. The Kier molecular flexibility index (Phi) is 3.14. The minimum atomic E-state index is -0.354. The van der Waals surface area contributed by atoms with E-state index in [9.17, 15) is 9.59 Å². The van der Waals surface area contributed by atoms with Gasteiger partial charge in [-0.3, -0.25) is 9.59 Å². The topological polar surface area (TPSA) is 62.0 Å². The van der Waals surface area contributed by atoms with Crippen molar-refractivity contribution in [1.29, 1.82) is 0 Å². The molecule has 0 saturated carbocycles. The van der Waals surface area contributed by atoms with E-state index in [-0.39, 0.29) is 29.0 Å². The second-order valence-corrected chi connectivity index (χ2v) is 5.18. The van der Waals surface area contributed by atoms with Crippen LogP contribution in [-0.2, 0) is 6.42 Å². The van der Waals surface area contributed by atoms with E-state index in [0.29, 0.717) is 0 Å². The molecule has 1 aromatic carbocycles. The van der Waals surface area contributed by atoms with Gasteiger partial charge in [-0.2, -0.15) is 0 Å². The maximum Gasteiger partial charge on any atom is 0.260 e. The van der Waals surface area contributed by atoms with Crippen molar-refractivity contribution in [2.24, 2.45) is 0 Å². The van der Waals surface area contributed by atoms with Crippen LogP contribution in [0.5, 0.6) is 0 Å². The number of carbonyl (C=O) groups is 1. The Bertz CT molecular complexity index is 705. The van der Waals surface area contributed by atoms with Gasteiger partial charge in [0, 0.05) is 18.2 Å². The molecule has 102 valence electrons. The monoisotopic (exact) mass is 268 g/mol. The molecule has 1 amide bonds. The van der Waals surface area contributed by atoms with E-state index in [2.05, 4.69) is 29.4 Å². The molecular formula is C16H16N2O2. The minimum Gasteiger partial charge on any atom is -0.348 e. The molecule has 1 aliphatic rings. The molecule has 0 aliphatic heterocycles. The standard InChI is InChI=1S/C16H16N2O2/c1-10-12-6-3-2-5-11(12)9-14(10)18-16(20)13-7-4-8-17-15(13)19/h2-8,10,14H,9H2,1H3,(H,17,19)(H,18,20). The lowest BCUT2D eigenvalue weighted by atomic mass is 10.0. The van der Waals surface area contributed by atoms with Crippen molar-refractivity contribution in [3.63, 3.8) is 0 Å². The number of nitrogens with one attached hydrogen (secondary N) is 2. The molecule has 0 bridgehead atoms. The van der Waals surface area contributed by atoms with E-state index in [1.165, 1.54) is 17.3 Å². The fourth-order valence-electron chi connectivity index (χ4n) is 2.82. The molecule has 2 N–H and O–H groups in total. The molecule has 2 atom stereocenters. The minimum absolute atomic E-state index is 0.0412. The van der Waals surface area contributed by atoms with Crippen molar-refractivity contribution in [3.05, 3.63) is 69.6 Å². The van der Waals surface area contributed by atoms with Crippen LogP contribution < -0.4 is 10.9 Å². The number of rotatable bonds is 2. The highest BCUT2D eigenvalue weighted by Gasteiger charge is 2.30. The number of benzene rings is 1. The van der Waals surface area contributed by atoms with E-state index in [1.807, 2.05) is 12.1 Å². The predicted octanol–water partition coefficient (Wildman–Crippen LogP) is 1.83. The number of amides is 1. The van der Waals surface area contributed by atoms with E-state index >= 15 is 0 Å². The maximum atomic E-state index is 12.2. The van der Waals surface area contributed by atoms with Crippen LogP contribution in [0.4, 0.5) is 0 Å². The van der Waals surface area contributed by atoms with Crippen LogP contribution in [0, 0.1) is 0 Å². The van der Waals surface area contributed by atoms with Crippen molar-refractivity contribution in [2.45, 2.75) is 25.3 Å². The molecule has 1 heterocycles. The zero-order valence-electron chi connectivity index (χ0n) is 11.2. The van der Waals surface area contributed by atoms with Crippen molar-refractivity contribution in [3.8, 4) is 0 Å². The second kappa shape index (κ2) is 4.96. The first-order chi connectivity index (χ1) is 9.66. The van der Waals surface area contributed by atoms with Gasteiger partial charge in [0.15, 0.2) is 0 Å². The lowest BCUT2D eigenvalue weighted by Crippen LogP contribution is -2.39. The van der Waals surface area contributed by atoms with Gasteiger partial charge in [0.1, 0.15) is 5.56 Å². The number of aromatic amines is 1. The molecule has 0 spiro atoms. The van der Waals surface area contributed by atoms with Gasteiger partial charge >= 0.3 is 0 Å². The van der Waals surface area contributed by atoms with Crippen LogP contribution in [-0.4, -0.2) is 16.9 Å². The molecule has 4 nitrogen and oxygen atoms in total. The number of H-pyrrole nitrogens is 1. The van der Waals surface area contributed by atoms with Gasteiger partial charge in [-0.15, -0.1) is 0 Å². The summed E-state index contributed by atoms with van der Waals surface area (Å²) < 4.78 is 0. The highest BCUT2D eigenvalue weighted by Crippen LogP contribution is 2.32. The smallest absolute Gasteiger partial charge is 0.260 e. The van der Waals surface area contributed by atoms with Crippen molar-refractivity contribution in [1.82, 2.24) is 10.3 Å². The zero-order valence-corrected chi connectivity index (χ0v) is 11.2. The Morgan fingerprint density at radius 2 is 2.05 bits per heavy atom. The summed E-state index contributed by atoms with van der Waals surface area (Å²) in [5, 5.41) is 2.97. The second-order valence-electron chi connectivity index (χ2n) is 5.18. The number of carbonyl (C=O) groups excluding carboxylic acids is 1. The van der Waals surface area contributed by atoms with Gasteiger partial charge < -0.3 is 10.3 Å². The van der Waals surface area contributed by atoms with Crippen LogP contribution in [0.1, 0.15) is 34.3 Å². The number of pyridine rings is 1. The van der Waals surface area contributed by atoms with Crippen molar-refractivity contribution >= 4 is 5.91 Å². The summed E-state index contributed by atoms with van der Waals surface area (Å²) in [6, 6.07) is 11.5. The van der Waals surface area contributed by atoms with E-state index < -0.39 is 0 Å². The molecule has 0 saturated heterocycles. The molecular weight excluding hydrogens is 252 g/mol. The molecule has 0 radical (unpaired) electrons. The van der Waals surface area contributed by atoms with Crippen molar-refractivity contribution < 1.29 is 4.79 Å². The van der Waals surface area contributed by atoms with E-state index in [0.717, 1.165) is 6.42 Å². The first-order valence-electron chi connectivity index (χ1n) is 6.73. The molecule has 0 fully saturated rings. The van der Waals surface area contributed by atoms with Crippen LogP contribution >= 0.6 is 0 Å². The summed E-state index contributed by atoms with van der Waals surface area (Å²) in [7, 11) is 0. The summed E-state index contributed by atoms with van der Waals surface area (Å²) >= 11 is 0. The summed E-state index contributed by atoms with van der Waals surface area (Å²) in [5.41, 5.74) is 2.36. The van der Waals surface area contributed by atoms with Gasteiger partial charge in [0.25, 0.3) is 11.5 Å². The Hall–Kier alpha value is -2.36. The van der Waals surface area contributed by atoms with Gasteiger partial charge in [-0.25, -0.2) is 0 Å². The largest absolute Gasteiger partial charge is 0.348 e. The highest BCUT2D eigenvalue weighted by molar-refractivity contribution is 5.94. The average molecular weight is 268 g/mol. The SMILES string of the molecule is CC1c2ccccc2CC1NC(=O)c1ccc[nH]c1=O. The molecule has 2 unspecified atom stereocenters. The molecule has 20 heavy (non-hydrogen) atoms. The van der Waals surface area contributed by atoms with Gasteiger partial charge in [0.2, 0.25) is 0 Å². The summed E-state index contributed by atoms with van der Waals surface area (Å²) in [6.45, 7) is 2.10. The fraction of sp³-hybridized carbons (Fsp3) is 0.250. The quantitative estimate of drug-likeness (QED) is 0.873. The molecule has 1 aromatic heterocycles. The van der Waals surface area contributed by atoms with Gasteiger partial charge in [-0.05, 0) is 29.7 Å². The van der Waals surface area contributed by atoms with Crippen LogP contribution in [0.2, 0.25) is 0 Å². The Labute approximate surface area is 116 Å². The third-order valence-electron chi connectivity index (χ3n) is 3.97. The highest BCUT2D eigenvalue weighted by atomic mass is 16.2. The van der Waals surface area contributed by atoms with E-state index in [4.69, 9.17) is 0 Å². The fourth-order valence-corrected chi connectivity index (χ4v) is 2.82. The van der Waals surface area contributed by atoms with Crippen molar-refractivity contribution in [2.75, 3.05) is 0 Å². The Morgan fingerprint density at radius 1 is 1.25 bits per heavy atom. The Morgan fingerprint density at radius 3 is 2.80 bits per heavy atom. The maximum absolute atomic E-state index is 12.2. The number of hydrogen-bond acceptors (Lipinski definition) is 2. The molecule has 3 rings (SSSR count). The average Bonchev–Trinajstić information content (AvgIpc) is 2.76. The third-order valence-corrected chi connectivity index (χ3v) is 3.97. The molecule has 4 heteroatoms.